The molecule has 2 aromatic rings. The molecule has 29 heavy (non-hydrogen) atoms. The molecule has 0 amide bonds. The Morgan fingerprint density at radius 3 is 2.24 bits per heavy atom. The van der Waals surface area contributed by atoms with Crippen molar-refractivity contribution in [1.29, 1.82) is 0 Å². The molecular formula is C21H18Cl2O6. The van der Waals surface area contributed by atoms with Crippen LogP contribution >= 0.6 is 23.2 Å². The van der Waals surface area contributed by atoms with Crippen molar-refractivity contribution in [1.82, 2.24) is 0 Å². The highest BCUT2D eigenvalue weighted by atomic mass is 35.5. The summed E-state index contributed by atoms with van der Waals surface area (Å²) >= 11 is 12.3. The molecule has 0 aliphatic carbocycles. The molecule has 1 aliphatic rings. The van der Waals surface area contributed by atoms with Crippen LogP contribution in [0.4, 0.5) is 0 Å². The first-order chi connectivity index (χ1) is 13.7. The lowest BCUT2D eigenvalue weighted by Gasteiger charge is -2.29. The number of para-hydroxylation sites is 1. The van der Waals surface area contributed by atoms with Crippen LogP contribution in [0.3, 0.4) is 0 Å². The molecule has 152 valence electrons. The fraction of sp³-hybridized carbons (Fsp3) is 0.238. The highest BCUT2D eigenvalue weighted by Crippen LogP contribution is 2.34. The molecule has 1 heterocycles. The highest BCUT2D eigenvalue weighted by molar-refractivity contribution is 6.37. The van der Waals surface area contributed by atoms with Crippen molar-refractivity contribution >= 4 is 41.2 Å². The van der Waals surface area contributed by atoms with Crippen LogP contribution in [0.2, 0.25) is 10.0 Å². The summed E-state index contributed by atoms with van der Waals surface area (Å²) in [6, 6.07) is 10.2. The van der Waals surface area contributed by atoms with Gasteiger partial charge in [0.25, 0.3) is 5.79 Å². The van der Waals surface area contributed by atoms with Crippen LogP contribution in [0.15, 0.2) is 42.0 Å². The van der Waals surface area contributed by atoms with Crippen molar-refractivity contribution in [3.8, 4) is 11.5 Å². The van der Waals surface area contributed by atoms with E-state index in [1.54, 1.807) is 36.4 Å². The molecule has 0 saturated carbocycles. The van der Waals surface area contributed by atoms with Crippen molar-refractivity contribution in [2.24, 2.45) is 0 Å². The Hall–Kier alpha value is -2.70. The summed E-state index contributed by atoms with van der Waals surface area (Å²) in [6.45, 7) is 3.08. The third-order valence-corrected chi connectivity index (χ3v) is 4.62. The van der Waals surface area contributed by atoms with Crippen molar-refractivity contribution in [2.75, 3.05) is 7.11 Å². The lowest BCUT2D eigenvalue weighted by molar-refractivity contribution is -0.222. The second-order valence-corrected chi connectivity index (χ2v) is 7.46. The van der Waals surface area contributed by atoms with E-state index in [9.17, 15) is 9.59 Å². The normalized spacial score (nSPS) is 15.4. The molecule has 0 spiro atoms. The largest absolute Gasteiger partial charge is 0.496 e. The molecule has 0 atom stereocenters. The van der Waals surface area contributed by atoms with Crippen molar-refractivity contribution < 1.29 is 28.5 Å². The van der Waals surface area contributed by atoms with Gasteiger partial charge in [0, 0.05) is 19.4 Å². The highest BCUT2D eigenvalue weighted by Gasteiger charge is 2.38. The minimum atomic E-state index is -1.29. The first kappa shape index (κ1) is 21.0. The molecule has 0 N–H and O–H groups in total. The molecule has 0 bridgehead atoms. The predicted octanol–water partition coefficient (Wildman–Crippen LogP) is 4.80. The minimum Gasteiger partial charge on any atom is -0.496 e. The molecule has 6 nitrogen and oxygen atoms in total. The summed E-state index contributed by atoms with van der Waals surface area (Å²) in [4.78, 5) is 24.3. The number of ether oxygens (including phenoxy) is 4. The van der Waals surface area contributed by atoms with Gasteiger partial charge in [-0.25, -0.2) is 9.59 Å². The van der Waals surface area contributed by atoms with E-state index in [0.717, 1.165) is 0 Å². The SMILES string of the molecule is COc1ccc(C=C2C(=O)OC(C)(C)OC2=O)cc1COc1c(Cl)cccc1Cl. The average Bonchev–Trinajstić information content (AvgIpc) is 2.64. The monoisotopic (exact) mass is 436 g/mol. The Kier molecular flexibility index (Phi) is 6.05. The van der Waals surface area contributed by atoms with E-state index in [-0.39, 0.29) is 12.2 Å². The fourth-order valence-corrected chi connectivity index (χ4v) is 3.22. The third-order valence-electron chi connectivity index (χ3n) is 4.02. The standard InChI is InChI=1S/C21H18Cl2O6/c1-21(2)28-19(24)14(20(25)29-21)10-12-7-8-17(26-3)13(9-12)11-27-18-15(22)5-4-6-16(18)23/h4-10H,11H2,1-3H3. The van der Waals surface area contributed by atoms with Gasteiger partial charge < -0.3 is 18.9 Å². The van der Waals surface area contributed by atoms with E-state index in [1.807, 2.05) is 0 Å². The van der Waals surface area contributed by atoms with Crippen molar-refractivity contribution in [3.05, 3.63) is 63.1 Å². The number of cyclic esters (lactones) is 2. The number of hydrogen-bond acceptors (Lipinski definition) is 6. The zero-order chi connectivity index (χ0) is 21.2. The Morgan fingerprint density at radius 2 is 1.66 bits per heavy atom. The minimum absolute atomic E-state index is 0.103. The van der Waals surface area contributed by atoms with E-state index < -0.39 is 17.7 Å². The Morgan fingerprint density at radius 1 is 1.03 bits per heavy atom. The first-order valence-corrected chi connectivity index (χ1v) is 9.38. The van der Waals surface area contributed by atoms with Gasteiger partial charge in [0.2, 0.25) is 0 Å². The topological polar surface area (TPSA) is 71.1 Å². The van der Waals surface area contributed by atoms with Crippen molar-refractivity contribution in [2.45, 2.75) is 26.2 Å². The molecule has 3 rings (SSSR count). The molecule has 0 radical (unpaired) electrons. The summed E-state index contributed by atoms with van der Waals surface area (Å²) in [5.74, 6) is -1.88. The number of esters is 2. The molecule has 1 saturated heterocycles. The summed E-state index contributed by atoms with van der Waals surface area (Å²) in [5.41, 5.74) is 1.03. The second-order valence-electron chi connectivity index (χ2n) is 6.65. The van der Waals surface area contributed by atoms with Gasteiger partial charge in [-0.1, -0.05) is 35.3 Å². The van der Waals surface area contributed by atoms with Crippen LogP contribution in [0.5, 0.6) is 11.5 Å². The predicted molar refractivity (Wildman–Crippen MR) is 108 cm³/mol. The Balaban J connectivity index is 1.87. The maximum Gasteiger partial charge on any atom is 0.348 e. The van der Waals surface area contributed by atoms with Crippen LogP contribution in [0, 0.1) is 0 Å². The molecule has 1 fully saturated rings. The molecule has 0 unspecified atom stereocenters. The zero-order valence-electron chi connectivity index (χ0n) is 16.0. The van der Waals surface area contributed by atoms with Crippen LogP contribution in [0.25, 0.3) is 6.08 Å². The Labute approximate surface area is 177 Å². The number of rotatable bonds is 5. The van der Waals surface area contributed by atoms with Crippen LogP contribution in [-0.4, -0.2) is 24.8 Å². The average molecular weight is 437 g/mol. The quantitative estimate of drug-likeness (QED) is 0.380. The zero-order valence-corrected chi connectivity index (χ0v) is 17.5. The Bertz CT molecular complexity index is 954. The lowest BCUT2D eigenvalue weighted by atomic mass is 10.1. The van der Waals surface area contributed by atoms with E-state index in [0.29, 0.717) is 32.7 Å². The van der Waals surface area contributed by atoms with Crippen molar-refractivity contribution in [3.63, 3.8) is 0 Å². The summed E-state index contributed by atoms with van der Waals surface area (Å²) in [5, 5.41) is 0.759. The van der Waals surface area contributed by atoms with Gasteiger partial charge in [0.1, 0.15) is 17.9 Å². The lowest BCUT2D eigenvalue weighted by Crippen LogP contribution is -2.41. The maximum atomic E-state index is 12.1. The number of carbonyl (C=O) groups is 2. The van der Waals surface area contributed by atoms with Gasteiger partial charge in [0.15, 0.2) is 5.75 Å². The molecular weight excluding hydrogens is 419 g/mol. The smallest absolute Gasteiger partial charge is 0.348 e. The number of halogens is 2. The van der Waals surface area contributed by atoms with Gasteiger partial charge in [-0.15, -0.1) is 0 Å². The maximum absolute atomic E-state index is 12.1. The van der Waals surface area contributed by atoms with Crippen LogP contribution in [0.1, 0.15) is 25.0 Å². The number of hydrogen-bond donors (Lipinski definition) is 0. The fourth-order valence-electron chi connectivity index (χ4n) is 2.72. The van der Waals surface area contributed by atoms with Gasteiger partial charge >= 0.3 is 11.9 Å². The van der Waals surface area contributed by atoms with Gasteiger partial charge in [0.05, 0.1) is 17.2 Å². The van der Waals surface area contributed by atoms with Gasteiger partial charge in [-0.2, -0.15) is 0 Å². The molecule has 2 aromatic carbocycles. The third kappa shape index (κ3) is 4.83. The van der Waals surface area contributed by atoms with Gasteiger partial charge in [-0.3, -0.25) is 0 Å². The summed E-state index contributed by atoms with van der Waals surface area (Å²) in [6.07, 6.45) is 1.39. The van der Waals surface area contributed by atoms with Gasteiger partial charge in [-0.05, 0) is 35.9 Å². The van der Waals surface area contributed by atoms with Crippen LogP contribution in [-0.2, 0) is 25.7 Å². The number of carbonyl (C=O) groups excluding carboxylic acids is 2. The summed E-state index contributed by atoms with van der Waals surface area (Å²) < 4.78 is 21.3. The van der Waals surface area contributed by atoms with E-state index in [2.05, 4.69) is 0 Å². The van der Waals surface area contributed by atoms with E-state index in [1.165, 1.54) is 27.0 Å². The second kappa shape index (κ2) is 8.35. The molecule has 1 aliphatic heterocycles. The van der Waals surface area contributed by atoms with Crippen LogP contribution < -0.4 is 9.47 Å². The first-order valence-electron chi connectivity index (χ1n) is 8.62. The number of benzene rings is 2. The molecule has 8 heteroatoms. The van der Waals surface area contributed by atoms with E-state index >= 15 is 0 Å². The molecule has 0 aromatic heterocycles. The number of methoxy groups -OCH3 is 1. The van der Waals surface area contributed by atoms with E-state index in [4.69, 9.17) is 42.1 Å². The summed E-state index contributed by atoms with van der Waals surface area (Å²) in [7, 11) is 1.53.